The summed E-state index contributed by atoms with van der Waals surface area (Å²) in [7, 11) is 0. The highest BCUT2D eigenvalue weighted by Gasteiger charge is 2.18. The smallest absolute Gasteiger partial charge is 0.310 e. The van der Waals surface area contributed by atoms with Crippen molar-refractivity contribution >= 4 is 17.6 Å². The lowest BCUT2D eigenvalue weighted by atomic mass is 10.2. The lowest BCUT2D eigenvalue weighted by Gasteiger charge is -2.14. The summed E-state index contributed by atoms with van der Waals surface area (Å²) in [6, 6.07) is 11.8. The highest BCUT2D eigenvalue weighted by atomic mass is 19.1. The zero-order chi connectivity index (χ0) is 19.1. The van der Waals surface area contributed by atoms with Crippen molar-refractivity contribution < 1.29 is 23.5 Å². The van der Waals surface area contributed by atoms with Crippen LogP contribution in [0, 0.1) is 19.7 Å². The Morgan fingerprint density at radius 2 is 1.85 bits per heavy atom. The maximum absolute atomic E-state index is 13.5. The van der Waals surface area contributed by atoms with Gasteiger partial charge in [0, 0.05) is 5.69 Å². The SMILES string of the molecule is Cc1ccc(NC(=O)[C@H](C)OC(=O)CCOc2ccccc2C)cc1F. The molecule has 1 N–H and O–H groups in total. The van der Waals surface area contributed by atoms with Gasteiger partial charge in [0.05, 0.1) is 13.0 Å². The minimum absolute atomic E-state index is 0.0190. The normalized spacial score (nSPS) is 11.5. The Kier molecular flexibility index (Phi) is 6.72. The molecular weight excluding hydrogens is 337 g/mol. The molecule has 5 nitrogen and oxygen atoms in total. The van der Waals surface area contributed by atoms with Gasteiger partial charge >= 0.3 is 5.97 Å². The molecule has 0 unspecified atom stereocenters. The number of benzene rings is 2. The van der Waals surface area contributed by atoms with Gasteiger partial charge in [0.15, 0.2) is 6.10 Å². The number of esters is 1. The van der Waals surface area contributed by atoms with Crippen molar-refractivity contribution in [1.82, 2.24) is 0 Å². The molecule has 0 aliphatic heterocycles. The molecule has 2 aromatic carbocycles. The number of anilines is 1. The number of hydrogen-bond acceptors (Lipinski definition) is 4. The molecule has 1 amide bonds. The molecule has 26 heavy (non-hydrogen) atoms. The summed E-state index contributed by atoms with van der Waals surface area (Å²) in [6.45, 7) is 5.15. The maximum atomic E-state index is 13.5. The van der Waals surface area contributed by atoms with Crippen LogP contribution in [0.2, 0.25) is 0 Å². The molecular formula is C20H22FNO4. The van der Waals surface area contributed by atoms with Crippen molar-refractivity contribution in [2.75, 3.05) is 11.9 Å². The predicted octanol–water partition coefficient (Wildman–Crippen LogP) is 3.78. The van der Waals surface area contributed by atoms with Gasteiger partial charge in [-0.1, -0.05) is 24.3 Å². The lowest BCUT2D eigenvalue weighted by Crippen LogP contribution is -2.30. The average Bonchev–Trinajstić information content (AvgIpc) is 2.59. The zero-order valence-electron chi connectivity index (χ0n) is 15.0. The van der Waals surface area contributed by atoms with E-state index in [4.69, 9.17) is 9.47 Å². The molecule has 0 saturated heterocycles. The van der Waals surface area contributed by atoms with Crippen molar-refractivity contribution in [3.8, 4) is 5.75 Å². The Labute approximate surface area is 152 Å². The van der Waals surface area contributed by atoms with E-state index in [-0.39, 0.29) is 13.0 Å². The number of amides is 1. The van der Waals surface area contributed by atoms with Crippen molar-refractivity contribution in [3.63, 3.8) is 0 Å². The van der Waals surface area contributed by atoms with Crippen molar-refractivity contribution in [2.24, 2.45) is 0 Å². The third kappa shape index (κ3) is 5.58. The van der Waals surface area contributed by atoms with Gasteiger partial charge in [-0.25, -0.2) is 4.39 Å². The summed E-state index contributed by atoms with van der Waals surface area (Å²) < 4.78 is 24.1. The monoisotopic (exact) mass is 359 g/mol. The van der Waals surface area contributed by atoms with Crippen LogP contribution in [0.4, 0.5) is 10.1 Å². The summed E-state index contributed by atoms with van der Waals surface area (Å²) in [6.07, 6.45) is -0.976. The Bertz CT molecular complexity index is 791. The van der Waals surface area contributed by atoms with Gasteiger partial charge < -0.3 is 14.8 Å². The van der Waals surface area contributed by atoms with Crippen molar-refractivity contribution in [2.45, 2.75) is 33.3 Å². The molecule has 2 rings (SSSR count). The number of hydrogen-bond donors (Lipinski definition) is 1. The van der Waals surface area contributed by atoms with Crippen LogP contribution in [-0.4, -0.2) is 24.6 Å². The molecule has 2 aromatic rings. The first-order valence-corrected chi connectivity index (χ1v) is 8.31. The quantitative estimate of drug-likeness (QED) is 0.764. The molecule has 0 aliphatic carbocycles. The Hall–Kier alpha value is -2.89. The number of carbonyl (C=O) groups excluding carboxylic acids is 2. The lowest BCUT2D eigenvalue weighted by molar-refractivity contribution is -0.153. The van der Waals surface area contributed by atoms with Crippen molar-refractivity contribution in [3.05, 3.63) is 59.4 Å². The van der Waals surface area contributed by atoms with Gasteiger partial charge in [0.1, 0.15) is 11.6 Å². The number of para-hydroxylation sites is 1. The van der Waals surface area contributed by atoms with Gasteiger partial charge in [-0.15, -0.1) is 0 Å². The zero-order valence-corrected chi connectivity index (χ0v) is 15.0. The van der Waals surface area contributed by atoms with Crippen LogP contribution in [0.25, 0.3) is 0 Å². The fourth-order valence-corrected chi connectivity index (χ4v) is 2.19. The van der Waals surface area contributed by atoms with E-state index in [0.717, 1.165) is 5.56 Å². The predicted molar refractivity (Wildman–Crippen MR) is 96.6 cm³/mol. The standard InChI is InChI=1S/C20H22FNO4/c1-13-8-9-16(12-17(13)21)22-20(24)15(3)26-19(23)10-11-25-18-7-5-4-6-14(18)2/h4-9,12,15H,10-11H2,1-3H3,(H,22,24)/t15-/m0/s1. The number of nitrogens with one attached hydrogen (secondary N) is 1. The molecule has 6 heteroatoms. The van der Waals surface area contributed by atoms with E-state index < -0.39 is 23.8 Å². The number of rotatable bonds is 7. The average molecular weight is 359 g/mol. The van der Waals surface area contributed by atoms with Crippen LogP contribution >= 0.6 is 0 Å². The first-order chi connectivity index (χ1) is 12.4. The van der Waals surface area contributed by atoms with Crippen LogP contribution < -0.4 is 10.1 Å². The Morgan fingerprint density at radius 3 is 2.54 bits per heavy atom. The molecule has 0 bridgehead atoms. The molecule has 0 aromatic heterocycles. The summed E-state index contributed by atoms with van der Waals surface area (Å²) in [5.41, 5.74) is 1.76. The third-order valence-electron chi connectivity index (χ3n) is 3.77. The second kappa shape index (κ2) is 8.99. The minimum atomic E-state index is -0.995. The first kappa shape index (κ1) is 19.4. The molecule has 0 spiro atoms. The van der Waals surface area contributed by atoms with E-state index in [1.165, 1.54) is 13.0 Å². The van der Waals surface area contributed by atoms with Crippen molar-refractivity contribution in [1.29, 1.82) is 0 Å². The van der Waals surface area contributed by atoms with E-state index >= 15 is 0 Å². The topological polar surface area (TPSA) is 64.6 Å². The molecule has 0 heterocycles. The van der Waals surface area contributed by atoms with E-state index in [1.807, 2.05) is 31.2 Å². The fraction of sp³-hybridized carbons (Fsp3) is 0.300. The van der Waals surface area contributed by atoms with Crippen LogP contribution in [0.5, 0.6) is 5.75 Å². The highest BCUT2D eigenvalue weighted by molar-refractivity contribution is 5.95. The van der Waals surface area contributed by atoms with Gasteiger partial charge in [0.2, 0.25) is 0 Å². The second-order valence-electron chi connectivity index (χ2n) is 5.95. The molecule has 0 aliphatic rings. The van der Waals surface area contributed by atoms with Crippen LogP contribution in [0.3, 0.4) is 0 Å². The van der Waals surface area contributed by atoms with Gasteiger partial charge in [-0.05, 0) is 50.1 Å². The summed E-state index contributed by atoms with van der Waals surface area (Å²) >= 11 is 0. The molecule has 0 radical (unpaired) electrons. The van der Waals surface area contributed by atoms with E-state index in [1.54, 1.807) is 19.1 Å². The Balaban J connectivity index is 1.77. The maximum Gasteiger partial charge on any atom is 0.310 e. The number of carbonyl (C=O) groups is 2. The molecule has 0 fully saturated rings. The number of halogens is 1. The first-order valence-electron chi connectivity index (χ1n) is 8.31. The van der Waals surface area contributed by atoms with E-state index in [9.17, 15) is 14.0 Å². The summed E-state index contributed by atoms with van der Waals surface area (Å²) in [5.74, 6) is -0.786. The third-order valence-corrected chi connectivity index (χ3v) is 3.77. The molecule has 138 valence electrons. The van der Waals surface area contributed by atoms with Gasteiger partial charge in [-0.2, -0.15) is 0 Å². The number of ether oxygens (including phenoxy) is 2. The largest absolute Gasteiger partial charge is 0.493 e. The number of aryl methyl sites for hydroxylation is 2. The fourth-order valence-electron chi connectivity index (χ4n) is 2.19. The molecule has 1 atom stereocenters. The van der Waals surface area contributed by atoms with E-state index in [2.05, 4.69) is 5.32 Å². The van der Waals surface area contributed by atoms with Crippen LogP contribution in [-0.2, 0) is 14.3 Å². The second-order valence-corrected chi connectivity index (χ2v) is 5.95. The van der Waals surface area contributed by atoms with Crippen LogP contribution in [0.1, 0.15) is 24.5 Å². The Morgan fingerprint density at radius 1 is 1.12 bits per heavy atom. The minimum Gasteiger partial charge on any atom is -0.493 e. The van der Waals surface area contributed by atoms with E-state index in [0.29, 0.717) is 17.0 Å². The molecule has 0 saturated carbocycles. The van der Waals surface area contributed by atoms with Crippen LogP contribution in [0.15, 0.2) is 42.5 Å². The summed E-state index contributed by atoms with van der Waals surface area (Å²) in [4.78, 5) is 23.9. The highest BCUT2D eigenvalue weighted by Crippen LogP contribution is 2.16. The van der Waals surface area contributed by atoms with Gasteiger partial charge in [-0.3, -0.25) is 9.59 Å². The summed E-state index contributed by atoms with van der Waals surface area (Å²) in [5, 5.41) is 2.52. The van der Waals surface area contributed by atoms with Gasteiger partial charge in [0.25, 0.3) is 5.91 Å².